The van der Waals surface area contributed by atoms with E-state index in [2.05, 4.69) is 4.74 Å². The van der Waals surface area contributed by atoms with Crippen molar-refractivity contribution in [3.63, 3.8) is 0 Å². The highest BCUT2D eigenvalue weighted by Crippen LogP contribution is 2.38. The quantitative estimate of drug-likeness (QED) is 0.616. The first-order valence-electron chi connectivity index (χ1n) is 5.76. The van der Waals surface area contributed by atoms with Gasteiger partial charge in [-0.05, 0) is 18.1 Å². The largest absolute Gasteiger partial charge is 0.468 e. The Hall–Kier alpha value is -1.49. The van der Waals surface area contributed by atoms with Gasteiger partial charge in [-0.25, -0.2) is 0 Å². The van der Waals surface area contributed by atoms with E-state index in [-0.39, 0.29) is 12.6 Å². The van der Waals surface area contributed by atoms with Gasteiger partial charge < -0.3 is 9.64 Å². The molecule has 0 N–H and O–H groups in total. The molecule has 1 amide bonds. The fourth-order valence-electron chi connectivity index (χ4n) is 2.10. The molecule has 1 unspecified atom stereocenters. The number of nitrogens with zero attached hydrogens (tertiary/aromatic N) is 1. The predicted octanol–water partition coefficient (Wildman–Crippen LogP) is 1.85. The first-order valence-corrected chi connectivity index (χ1v) is 6.74. The van der Waals surface area contributed by atoms with Crippen molar-refractivity contribution >= 4 is 24.1 Å². The summed E-state index contributed by atoms with van der Waals surface area (Å²) in [6.07, 6.45) is 1.59. The minimum absolute atomic E-state index is 0.00364. The molecule has 1 aliphatic rings. The van der Waals surface area contributed by atoms with Crippen LogP contribution in [0.25, 0.3) is 0 Å². The van der Waals surface area contributed by atoms with Gasteiger partial charge in [0.2, 0.25) is 6.41 Å². The van der Waals surface area contributed by atoms with E-state index in [0.29, 0.717) is 0 Å². The maximum Gasteiger partial charge on any atom is 0.325 e. The molecular weight excluding hydrogens is 250 g/mol. The second kappa shape index (κ2) is 5.91. The van der Waals surface area contributed by atoms with Crippen molar-refractivity contribution in [2.45, 2.75) is 17.4 Å². The van der Waals surface area contributed by atoms with Gasteiger partial charge in [-0.15, -0.1) is 11.8 Å². The lowest BCUT2D eigenvalue weighted by molar-refractivity contribution is -0.145. The number of fused-ring (bicyclic) bond motifs is 1. The molecule has 18 heavy (non-hydrogen) atoms. The van der Waals surface area contributed by atoms with Crippen LogP contribution in [-0.4, -0.2) is 36.7 Å². The maximum absolute atomic E-state index is 11.3. The zero-order valence-corrected chi connectivity index (χ0v) is 11.0. The van der Waals surface area contributed by atoms with Crippen molar-refractivity contribution in [1.82, 2.24) is 4.90 Å². The Bertz CT molecular complexity index is 450. The number of hydrogen-bond acceptors (Lipinski definition) is 4. The second-order valence-electron chi connectivity index (χ2n) is 4.04. The van der Waals surface area contributed by atoms with Crippen molar-refractivity contribution in [1.29, 1.82) is 0 Å². The molecule has 2 rings (SSSR count). The molecule has 0 radical (unpaired) electrons. The standard InChI is InChI=1S/C13H15NO3S/c1-17-13(16)8-14(9-15)11-6-7-18-12-5-3-2-4-10(11)12/h2-5,9,11H,6-8H2,1H3. The van der Waals surface area contributed by atoms with E-state index in [9.17, 15) is 9.59 Å². The molecule has 1 aromatic rings. The van der Waals surface area contributed by atoms with Gasteiger partial charge >= 0.3 is 5.97 Å². The number of methoxy groups -OCH3 is 1. The fraction of sp³-hybridized carbons (Fsp3) is 0.385. The molecule has 1 aromatic carbocycles. The monoisotopic (exact) mass is 265 g/mol. The van der Waals surface area contributed by atoms with Crippen LogP contribution in [0, 0.1) is 0 Å². The van der Waals surface area contributed by atoms with Crippen LogP contribution in [0.2, 0.25) is 0 Å². The van der Waals surface area contributed by atoms with Crippen LogP contribution in [0.4, 0.5) is 0 Å². The van der Waals surface area contributed by atoms with Crippen LogP contribution >= 0.6 is 11.8 Å². The molecule has 0 saturated heterocycles. The topological polar surface area (TPSA) is 46.6 Å². The minimum Gasteiger partial charge on any atom is -0.468 e. The zero-order valence-electron chi connectivity index (χ0n) is 10.2. The number of esters is 1. The van der Waals surface area contributed by atoms with E-state index in [0.717, 1.165) is 24.1 Å². The summed E-state index contributed by atoms with van der Waals surface area (Å²) < 4.78 is 4.62. The summed E-state index contributed by atoms with van der Waals surface area (Å²) in [7, 11) is 1.33. The molecule has 1 aliphatic heterocycles. The van der Waals surface area contributed by atoms with E-state index in [1.807, 2.05) is 24.3 Å². The molecule has 0 bridgehead atoms. The van der Waals surface area contributed by atoms with Crippen LogP contribution in [0.5, 0.6) is 0 Å². The van der Waals surface area contributed by atoms with E-state index < -0.39 is 5.97 Å². The SMILES string of the molecule is COC(=O)CN(C=O)C1CCSc2ccccc21. The number of benzene rings is 1. The summed E-state index contributed by atoms with van der Waals surface area (Å²) >= 11 is 1.79. The lowest BCUT2D eigenvalue weighted by Crippen LogP contribution is -2.34. The molecule has 0 spiro atoms. The molecule has 0 saturated carbocycles. The summed E-state index contributed by atoms with van der Waals surface area (Å²) in [6, 6.07) is 7.98. The van der Waals surface area contributed by atoms with Gasteiger partial charge in [0.15, 0.2) is 0 Å². The van der Waals surface area contributed by atoms with E-state index in [4.69, 9.17) is 0 Å². The Labute approximate surface area is 110 Å². The lowest BCUT2D eigenvalue weighted by Gasteiger charge is -2.32. The smallest absolute Gasteiger partial charge is 0.325 e. The summed E-state index contributed by atoms with van der Waals surface area (Å²) in [6.45, 7) is 0.00364. The maximum atomic E-state index is 11.3. The fourth-order valence-corrected chi connectivity index (χ4v) is 3.21. The number of hydrogen-bond donors (Lipinski definition) is 0. The van der Waals surface area contributed by atoms with E-state index in [1.165, 1.54) is 16.9 Å². The Balaban J connectivity index is 2.22. The highest BCUT2D eigenvalue weighted by atomic mass is 32.2. The normalized spacial score (nSPS) is 17.7. The van der Waals surface area contributed by atoms with Gasteiger partial charge in [-0.1, -0.05) is 18.2 Å². The molecule has 96 valence electrons. The first kappa shape index (κ1) is 13.0. The highest BCUT2D eigenvalue weighted by molar-refractivity contribution is 7.99. The third-order valence-electron chi connectivity index (χ3n) is 3.00. The Morgan fingerprint density at radius 2 is 2.33 bits per heavy atom. The van der Waals surface area contributed by atoms with Crippen LogP contribution in [0.3, 0.4) is 0 Å². The second-order valence-corrected chi connectivity index (χ2v) is 5.18. The van der Waals surface area contributed by atoms with Crippen molar-refractivity contribution in [3.05, 3.63) is 29.8 Å². The molecule has 5 heteroatoms. The zero-order chi connectivity index (χ0) is 13.0. The van der Waals surface area contributed by atoms with Crippen molar-refractivity contribution in [3.8, 4) is 0 Å². The van der Waals surface area contributed by atoms with E-state index >= 15 is 0 Å². The Morgan fingerprint density at radius 3 is 3.06 bits per heavy atom. The predicted molar refractivity (Wildman–Crippen MR) is 69.3 cm³/mol. The number of rotatable bonds is 4. The van der Waals surface area contributed by atoms with Crippen molar-refractivity contribution in [2.24, 2.45) is 0 Å². The molecular formula is C13H15NO3S. The Kier molecular flexibility index (Phi) is 4.25. The lowest BCUT2D eigenvalue weighted by atomic mass is 10.0. The summed E-state index contributed by atoms with van der Waals surface area (Å²) in [5.41, 5.74) is 1.12. The van der Waals surface area contributed by atoms with Gasteiger partial charge in [0.1, 0.15) is 6.54 Å². The van der Waals surface area contributed by atoms with Crippen LogP contribution in [0.1, 0.15) is 18.0 Å². The Morgan fingerprint density at radius 1 is 1.56 bits per heavy atom. The van der Waals surface area contributed by atoms with Gasteiger partial charge in [0.05, 0.1) is 13.2 Å². The summed E-state index contributed by atoms with van der Waals surface area (Å²) in [4.78, 5) is 25.2. The molecule has 0 fully saturated rings. The highest BCUT2D eigenvalue weighted by Gasteiger charge is 2.26. The average molecular weight is 265 g/mol. The first-order chi connectivity index (χ1) is 8.76. The number of carbonyl (C=O) groups is 2. The number of ether oxygens (including phenoxy) is 1. The van der Waals surface area contributed by atoms with Crippen molar-refractivity contribution in [2.75, 3.05) is 19.4 Å². The molecule has 0 aliphatic carbocycles. The van der Waals surface area contributed by atoms with E-state index in [1.54, 1.807) is 11.8 Å². The third-order valence-corrected chi connectivity index (χ3v) is 4.12. The average Bonchev–Trinajstić information content (AvgIpc) is 2.44. The molecule has 1 atom stereocenters. The van der Waals surface area contributed by atoms with Gasteiger partial charge in [0.25, 0.3) is 0 Å². The van der Waals surface area contributed by atoms with Gasteiger partial charge in [-0.3, -0.25) is 9.59 Å². The number of carbonyl (C=O) groups excluding carboxylic acids is 2. The van der Waals surface area contributed by atoms with Crippen molar-refractivity contribution < 1.29 is 14.3 Å². The van der Waals surface area contributed by atoms with Crippen LogP contribution in [0.15, 0.2) is 29.2 Å². The number of thioether (sulfide) groups is 1. The number of amides is 1. The summed E-state index contributed by atoms with van der Waals surface area (Å²) in [5.74, 6) is 0.561. The summed E-state index contributed by atoms with van der Waals surface area (Å²) in [5, 5.41) is 0. The van der Waals surface area contributed by atoms with Crippen LogP contribution in [-0.2, 0) is 14.3 Å². The molecule has 4 nitrogen and oxygen atoms in total. The third kappa shape index (κ3) is 2.67. The van der Waals surface area contributed by atoms with Gasteiger partial charge in [-0.2, -0.15) is 0 Å². The molecule has 1 heterocycles. The van der Waals surface area contributed by atoms with Gasteiger partial charge in [0, 0.05) is 10.6 Å². The molecule has 0 aromatic heterocycles. The van der Waals surface area contributed by atoms with Crippen LogP contribution < -0.4 is 0 Å². The minimum atomic E-state index is -0.391.